The molecule has 0 bridgehead atoms. The molecule has 4 amide bonds. The van der Waals surface area contributed by atoms with Gasteiger partial charge in [0.25, 0.3) is 23.6 Å². The molecule has 0 aliphatic carbocycles. The monoisotopic (exact) mass is 876 g/mol. The largest absolute Gasteiger partial charge is 0.504 e. The van der Waals surface area contributed by atoms with Crippen LogP contribution in [0.15, 0.2) is 81.6 Å². The number of nitrogens with two attached hydrogens (primary N) is 1. The van der Waals surface area contributed by atoms with Crippen LogP contribution in [0.25, 0.3) is 16.9 Å². The van der Waals surface area contributed by atoms with Gasteiger partial charge in [-0.1, -0.05) is 5.16 Å². The van der Waals surface area contributed by atoms with E-state index in [1.807, 2.05) is 0 Å². The van der Waals surface area contributed by atoms with Gasteiger partial charge in [0.05, 0.1) is 11.9 Å². The van der Waals surface area contributed by atoms with E-state index in [4.69, 9.17) is 10.6 Å². The zero-order valence-electron chi connectivity index (χ0n) is 31.0. The van der Waals surface area contributed by atoms with Gasteiger partial charge in [0.15, 0.2) is 39.5 Å². The summed E-state index contributed by atoms with van der Waals surface area (Å²) in [7, 11) is 0. The number of aromatic nitrogens is 4. The van der Waals surface area contributed by atoms with Crippen LogP contribution >= 0.6 is 34.9 Å². The minimum Gasteiger partial charge on any atom is -0.504 e. The lowest BCUT2D eigenvalue weighted by Gasteiger charge is -2.49. The van der Waals surface area contributed by atoms with Crippen molar-refractivity contribution in [3.63, 3.8) is 0 Å². The van der Waals surface area contributed by atoms with Crippen molar-refractivity contribution in [2.24, 2.45) is 5.16 Å². The van der Waals surface area contributed by atoms with E-state index in [0.717, 1.165) is 28.4 Å². The number of benzene rings is 2. The number of aromatic hydroxyl groups is 4. The van der Waals surface area contributed by atoms with Crippen molar-refractivity contribution >= 4 is 80.9 Å². The van der Waals surface area contributed by atoms with Crippen LogP contribution < -0.4 is 21.9 Å². The Hall–Kier alpha value is -7.05. The average molecular weight is 877 g/mol. The van der Waals surface area contributed by atoms with Gasteiger partial charge in [-0.05, 0) is 61.9 Å². The number of nitrogens with zero attached hydrogens (tertiary/aromatic N) is 6. The molecule has 0 saturated carbocycles. The fourth-order valence-electron chi connectivity index (χ4n) is 5.79. The minimum atomic E-state index is -1.83. The van der Waals surface area contributed by atoms with Crippen LogP contribution in [-0.4, -0.2) is 114 Å². The first-order valence-corrected chi connectivity index (χ1v) is 20.2. The van der Waals surface area contributed by atoms with Gasteiger partial charge in [-0.25, -0.2) is 19.3 Å². The zero-order valence-corrected chi connectivity index (χ0v) is 33.5. The molecule has 24 heteroatoms. The van der Waals surface area contributed by atoms with Crippen LogP contribution in [0.5, 0.6) is 23.0 Å². The Morgan fingerprint density at radius 1 is 1.00 bits per heavy atom. The van der Waals surface area contributed by atoms with Gasteiger partial charge in [0.1, 0.15) is 27.8 Å². The van der Waals surface area contributed by atoms with Gasteiger partial charge in [0, 0.05) is 34.1 Å². The third kappa shape index (κ3) is 8.14. The fourth-order valence-corrected chi connectivity index (χ4v) is 8.83. The molecule has 3 aromatic heterocycles. The number of thiazole rings is 1. The Kier molecular flexibility index (Phi) is 11.2. The number of thioether (sulfide) groups is 2. The molecule has 10 N–H and O–H groups in total. The molecule has 2 aliphatic heterocycles. The number of carbonyl (C=O) groups is 5. The fraction of sp³-hybridized carbons (Fsp3) is 0.194. The molecule has 5 aromatic rings. The third-order valence-electron chi connectivity index (χ3n) is 8.95. The van der Waals surface area contributed by atoms with Crippen molar-refractivity contribution in [1.82, 2.24) is 40.7 Å². The summed E-state index contributed by atoms with van der Waals surface area (Å²) in [5.74, 6) is -6.06. The molecular weight excluding hydrogens is 845 g/mol. The summed E-state index contributed by atoms with van der Waals surface area (Å²) in [5, 5.41) is 61.3. The SMILES string of the molecule is CC(C)(O/N=C(/C(=O)N[C@@H]1C(=O)N2C(C(=O)O)=C(CSc3cc(-c4ccc(O)c(O)c4)nc4ccnn34)CS[C@H]12)c1csc(N)n1)C(=O)NNC(=O)c1ccc(O)c(O)c1. The highest BCUT2D eigenvalue weighted by Gasteiger charge is 2.54. The molecule has 0 spiro atoms. The summed E-state index contributed by atoms with van der Waals surface area (Å²) >= 11 is 3.46. The highest BCUT2D eigenvalue weighted by molar-refractivity contribution is 8.01. The van der Waals surface area contributed by atoms with Crippen molar-refractivity contribution in [3.8, 4) is 34.3 Å². The highest BCUT2D eigenvalue weighted by Crippen LogP contribution is 2.42. The van der Waals surface area contributed by atoms with E-state index >= 15 is 0 Å². The van der Waals surface area contributed by atoms with Gasteiger partial charge in [-0.3, -0.25) is 34.9 Å². The number of hydrogen-bond donors (Lipinski definition) is 9. The van der Waals surface area contributed by atoms with Gasteiger partial charge < -0.3 is 41.4 Å². The number of oxime groups is 1. The second-order valence-electron chi connectivity index (χ2n) is 13.4. The molecule has 0 radical (unpaired) electrons. The standard InChI is InChI=1S/C36H32N10O11S3/c1-36(2,34(56)43-42-29(51)16-4-6-21(48)23(50)10-16)57-44-26(19-14-60-35(37)40-19)30(52)41-27-31(53)45-28(33(54)55)17(13-59-32(27)45)12-58-25-11-18(39-24-7-8-38-46(24)25)15-3-5-20(47)22(49)9-15/h3-11,14,27,32,47-50H,12-13H2,1-2H3,(H2,37,40)(H,41,52)(H,42,51)(H,43,56)(H,54,55)/b44-26+/t27-,32-/m1/s1. The molecule has 21 nitrogen and oxygen atoms in total. The highest BCUT2D eigenvalue weighted by atomic mass is 32.2. The summed E-state index contributed by atoms with van der Waals surface area (Å²) in [4.78, 5) is 80.7. The van der Waals surface area contributed by atoms with E-state index in [1.165, 1.54) is 61.0 Å². The average Bonchev–Trinajstić information content (AvgIpc) is 3.88. The molecule has 1 saturated heterocycles. The lowest BCUT2D eigenvalue weighted by Crippen LogP contribution is -2.71. The number of carboxylic acid groups (broad SMARTS) is 1. The predicted octanol–water partition coefficient (Wildman–Crippen LogP) is 1.75. The minimum absolute atomic E-state index is 0.0511. The quantitative estimate of drug-likeness (QED) is 0.0215. The van der Waals surface area contributed by atoms with Crippen LogP contribution in [0.3, 0.4) is 0 Å². The lowest BCUT2D eigenvalue weighted by atomic mass is 10.0. The summed E-state index contributed by atoms with van der Waals surface area (Å²) in [6, 6.07) is 9.73. The number of β-lactam (4-membered cyclic amide) rings is 1. The summed E-state index contributed by atoms with van der Waals surface area (Å²) in [6.45, 7) is 2.56. The van der Waals surface area contributed by atoms with E-state index < -0.39 is 63.8 Å². The lowest BCUT2D eigenvalue weighted by molar-refractivity contribution is -0.150. The van der Waals surface area contributed by atoms with Crippen LogP contribution in [-0.2, 0) is 24.0 Å². The molecule has 2 aromatic carbocycles. The van der Waals surface area contributed by atoms with Gasteiger partial charge in [0.2, 0.25) is 5.60 Å². The first kappa shape index (κ1) is 41.1. The van der Waals surface area contributed by atoms with Crippen LogP contribution in [0.4, 0.5) is 5.13 Å². The molecular formula is C36H32N10O11S3. The molecule has 60 heavy (non-hydrogen) atoms. The molecule has 7 rings (SSSR count). The summed E-state index contributed by atoms with van der Waals surface area (Å²) in [6.07, 6.45) is 1.54. The molecule has 5 heterocycles. The topological polar surface area (TPSA) is 317 Å². The van der Waals surface area contributed by atoms with E-state index in [1.54, 1.807) is 28.9 Å². The Labute approximate surface area is 349 Å². The number of fused-ring (bicyclic) bond motifs is 2. The number of rotatable bonds is 12. The first-order chi connectivity index (χ1) is 28.5. The molecule has 2 atom stereocenters. The number of nitrogen functional groups attached to an aromatic ring is 1. The van der Waals surface area contributed by atoms with Gasteiger partial charge in [-0.2, -0.15) is 5.10 Å². The van der Waals surface area contributed by atoms with Crippen molar-refractivity contribution in [2.45, 2.75) is 35.9 Å². The molecule has 0 unspecified atom stereocenters. The number of amides is 4. The Morgan fingerprint density at radius 3 is 2.42 bits per heavy atom. The Morgan fingerprint density at radius 2 is 1.73 bits per heavy atom. The molecule has 310 valence electrons. The number of hydrazine groups is 1. The van der Waals surface area contributed by atoms with E-state index in [9.17, 15) is 49.5 Å². The first-order valence-electron chi connectivity index (χ1n) is 17.3. The van der Waals surface area contributed by atoms with Crippen LogP contribution in [0.1, 0.15) is 29.9 Å². The summed E-state index contributed by atoms with van der Waals surface area (Å²) < 4.78 is 1.56. The maximum atomic E-state index is 13.7. The van der Waals surface area contributed by atoms with Crippen molar-refractivity contribution in [1.29, 1.82) is 0 Å². The maximum absolute atomic E-state index is 13.7. The number of carbonyl (C=O) groups excluding carboxylic acids is 4. The zero-order chi connectivity index (χ0) is 43.0. The Balaban J connectivity index is 1.04. The van der Waals surface area contributed by atoms with Gasteiger partial charge >= 0.3 is 5.97 Å². The number of aliphatic carboxylic acids is 1. The Bertz CT molecular complexity index is 2660. The maximum Gasteiger partial charge on any atom is 0.352 e. The predicted molar refractivity (Wildman–Crippen MR) is 216 cm³/mol. The number of phenolic OH excluding ortho intramolecular Hbond substituents is 4. The number of carboxylic acids is 1. The molecule has 2 aliphatic rings. The van der Waals surface area contributed by atoms with Crippen LogP contribution in [0, 0.1) is 0 Å². The van der Waals surface area contributed by atoms with E-state index in [2.05, 4.69) is 36.4 Å². The molecule has 1 fully saturated rings. The number of hydrogen-bond acceptors (Lipinski definition) is 18. The number of phenols is 4. The van der Waals surface area contributed by atoms with E-state index in [-0.39, 0.29) is 45.1 Å². The van der Waals surface area contributed by atoms with Crippen molar-refractivity contribution < 1.29 is 54.3 Å². The second-order valence-corrected chi connectivity index (χ2v) is 16.4. The van der Waals surface area contributed by atoms with Crippen molar-refractivity contribution in [2.75, 3.05) is 17.2 Å². The second kappa shape index (κ2) is 16.3. The van der Waals surface area contributed by atoms with Crippen molar-refractivity contribution in [3.05, 3.63) is 82.6 Å². The number of anilines is 1. The normalized spacial score (nSPS) is 16.5. The van der Waals surface area contributed by atoms with E-state index in [0.29, 0.717) is 27.5 Å². The van der Waals surface area contributed by atoms with Gasteiger partial charge in [-0.15, -0.1) is 34.9 Å². The number of nitrogens with one attached hydrogen (secondary N) is 3. The van der Waals surface area contributed by atoms with Crippen LogP contribution in [0.2, 0.25) is 0 Å². The smallest absolute Gasteiger partial charge is 0.352 e. The summed E-state index contributed by atoms with van der Waals surface area (Å²) in [5.41, 5.74) is 9.31. The third-order valence-corrected chi connectivity index (χ3v) is 12.0.